The number of para-hydroxylation sites is 1. The summed E-state index contributed by atoms with van der Waals surface area (Å²) in [6.07, 6.45) is 1.68. The lowest BCUT2D eigenvalue weighted by Crippen LogP contribution is -2.13. The van der Waals surface area contributed by atoms with Gasteiger partial charge in [-0.3, -0.25) is 9.79 Å². The van der Waals surface area contributed by atoms with Crippen LogP contribution in [0.1, 0.15) is 11.3 Å². The number of carbonyl (C=O) groups is 1. The van der Waals surface area contributed by atoms with Gasteiger partial charge >= 0.3 is 0 Å². The molecule has 0 aliphatic carbocycles. The van der Waals surface area contributed by atoms with Crippen LogP contribution in [0.3, 0.4) is 0 Å². The first-order valence-corrected chi connectivity index (χ1v) is 8.86. The van der Waals surface area contributed by atoms with Crippen LogP contribution in [-0.4, -0.2) is 17.9 Å². The fourth-order valence-corrected chi connectivity index (χ4v) is 2.77. The van der Waals surface area contributed by atoms with Gasteiger partial charge in [0.15, 0.2) is 5.09 Å². The van der Waals surface area contributed by atoms with E-state index in [0.717, 1.165) is 11.4 Å². The van der Waals surface area contributed by atoms with Crippen LogP contribution in [0.2, 0.25) is 0 Å². The molecule has 1 N–H and O–H groups in total. The Hall–Kier alpha value is -2.79. The summed E-state index contributed by atoms with van der Waals surface area (Å²) in [5.41, 5.74) is 2.86. The molecule has 1 amide bonds. The lowest BCUT2D eigenvalue weighted by molar-refractivity contribution is -0.113. The monoisotopic (exact) mass is 350 g/mol. The normalized spacial score (nSPS) is 10.9. The number of hydrogen-bond acceptors (Lipinski definition) is 4. The Labute approximate surface area is 151 Å². The predicted octanol–water partition coefficient (Wildman–Crippen LogP) is 5.07. The summed E-state index contributed by atoms with van der Waals surface area (Å²) in [6, 6.07) is 21.0. The molecule has 126 valence electrons. The van der Waals surface area contributed by atoms with Crippen molar-refractivity contribution < 1.29 is 9.21 Å². The maximum absolute atomic E-state index is 11.9. The third-order valence-corrected chi connectivity index (χ3v) is 4.29. The standard InChI is InChI=1S/C20H18N2O2S/c1-15-7-9-16(10-8-15)21-13-18-11-12-20(24-18)25-14-19(23)22-17-5-3-2-4-6-17/h2-13H,14H2,1H3,(H,22,23). The highest BCUT2D eigenvalue weighted by Crippen LogP contribution is 2.21. The number of furan rings is 1. The number of benzene rings is 2. The third-order valence-electron chi connectivity index (χ3n) is 3.38. The van der Waals surface area contributed by atoms with E-state index in [1.165, 1.54) is 17.3 Å². The van der Waals surface area contributed by atoms with E-state index in [1.54, 1.807) is 6.21 Å². The second kappa shape index (κ2) is 8.35. The Balaban J connectivity index is 1.51. The van der Waals surface area contributed by atoms with Crippen LogP contribution in [0.25, 0.3) is 0 Å². The molecule has 4 nitrogen and oxygen atoms in total. The molecule has 5 heteroatoms. The second-order valence-corrected chi connectivity index (χ2v) is 6.43. The van der Waals surface area contributed by atoms with Gasteiger partial charge in [0, 0.05) is 5.69 Å². The Bertz CT molecular complexity index is 855. The third kappa shape index (κ3) is 5.36. The van der Waals surface area contributed by atoms with Crippen LogP contribution in [-0.2, 0) is 4.79 Å². The van der Waals surface area contributed by atoms with Gasteiger partial charge in [-0.1, -0.05) is 47.7 Å². The highest BCUT2D eigenvalue weighted by atomic mass is 32.2. The number of anilines is 1. The number of nitrogens with zero attached hydrogens (tertiary/aromatic N) is 1. The summed E-state index contributed by atoms with van der Waals surface area (Å²) in [5, 5.41) is 3.53. The van der Waals surface area contributed by atoms with E-state index >= 15 is 0 Å². The Morgan fingerprint density at radius 1 is 1.08 bits per heavy atom. The van der Waals surface area contributed by atoms with Gasteiger partial charge in [0.25, 0.3) is 0 Å². The van der Waals surface area contributed by atoms with Crippen molar-refractivity contribution >= 4 is 35.3 Å². The van der Waals surface area contributed by atoms with Crippen molar-refractivity contribution in [1.29, 1.82) is 0 Å². The van der Waals surface area contributed by atoms with E-state index in [4.69, 9.17) is 4.42 Å². The van der Waals surface area contributed by atoms with Crippen LogP contribution >= 0.6 is 11.8 Å². The molecule has 0 aliphatic heterocycles. The van der Waals surface area contributed by atoms with Crippen molar-refractivity contribution in [2.24, 2.45) is 4.99 Å². The van der Waals surface area contributed by atoms with Crippen molar-refractivity contribution in [3.63, 3.8) is 0 Å². The van der Waals surface area contributed by atoms with Gasteiger partial charge < -0.3 is 9.73 Å². The van der Waals surface area contributed by atoms with Crippen molar-refractivity contribution in [1.82, 2.24) is 0 Å². The quantitative estimate of drug-likeness (QED) is 0.499. The number of nitrogens with one attached hydrogen (secondary N) is 1. The van der Waals surface area contributed by atoms with Crippen LogP contribution in [0, 0.1) is 6.92 Å². The lowest BCUT2D eigenvalue weighted by Gasteiger charge is -2.03. The molecule has 0 bridgehead atoms. The van der Waals surface area contributed by atoms with E-state index in [-0.39, 0.29) is 11.7 Å². The van der Waals surface area contributed by atoms with Gasteiger partial charge in [-0.25, -0.2) is 0 Å². The minimum Gasteiger partial charge on any atom is -0.449 e. The maximum Gasteiger partial charge on any atom is 0.234 e. The van der Waals surface area contributed by atoms with Gasteiger partial charge in [-0.15, -0.1) is 0 Å². The number of rotatable bonds is 6. The summed E-state index contributed by atoms with van der Waals surface area (Å²) in [4.78, 5) is 16.3. The fraction of sp³-hybridized carbons (Fsp3) is 0.100. The molecule has 3 aromatic rings. The van der Waals surface area contributed by atoms with Gasteiger partial charge in [-0.05, 0) is 43.3 Å². The van der Waals surface area contributed by atoms with E-state index < -0.39 is 0 Å². The van der Waals surface area contributed by atoms with Crippen LogP contribution < -0.4 is 5.32 Å². The Morgan fingerprint density at radius 2 is 1.84 bits per heavy atom. The molecule has 2 aromatic carbocycles. The van der Waals surface area contributed by atoms with Crippen LogP contribution in [0.15, 0.2) is 81.2 Å². The smallest absolute Gasteiger partial charge is 0.234 e. The SMILES string of the molecule is Cc1ccc(N=Cc2ccc(SCC(=O)Nc3ccccc3)o2)cc1. The molecular weight excluding hydrogens is 332 g/mol. The minimum absolute atomic E-state index is 0.0672. The van der Waals surface area contributed by atoms with Gasteiger partial charge in [-0.2, -0.15) is 0 Å². The van der Waals surface area contributed by atoms with Gasteiger partial charge in [0.1, 0.15) is 5.76 Å². The first-order valence-electron chi connectivity index (χ1n) is 7.87. The van der Waals surface area contributed by atoms with Crippen LogP contribution in [0.4, 0.5) is 11.4 Å². The predicted molar refractivity (Wildman–Crippen MR) is 103 cm³/mol. The van der Waals surface area contributed by atoms with E-state index in [9.17, 15) is 4.79 Å². The first-order chi connectivity index (χ1) is 12.2. The topological polar surface area (TPSA) is 54.6 Å². The first kappa shape index (κ1) is 17.0. The Kier molecular flexibility index (Phi) is 5.69. The molecule has 3 rings (SSSR count). The van der Waals surface area contributed by atoms with E-state index in [1.807, 2.05) is 73.7 Å². The van der Waals surface area contributed by atoms with Gasteiger partial charge in [0.2, 0.25) is 5.91 Å². The zero-order chi connectivity index (χ0) is 17.5. The summed E-state index contributed by atoms with van der Waals surface area (Å²) in [7, 11) is 0. The van der Waals surface area contributed by atoms with E-state index in [0.29, 0.717) is 10.9 Å². The summed E-state index contributed by atoms with van der Waals surface area (Å²) in [5.74, 6) is 0.880. The average Bonchev–Trinajstić information content (AvgIpc) is 3.08. The molecule has 0 saturated heterocycles. The van der Waals surface area contributed by atoms with Crippen molar-refractivity contribution in [2.75, 3.05) is 11.1 Å². The summed E-state index contributed by atoms with van der Waals surface area (Å²) in [6.45, 7) is 2.04. The number of carbonyl (C=O) groups excluding carboxylic acids is 1. The molecule has 0 unspecified atom stereocenters. The molecule has 25 heavy (non-hydrogen) atoms. The summed E-state index contributed by atoms with van der Waals surface area (Å²) >= 11 is 1.35. The minimum atomic E-state index is -0.0672. The van der Waals surface area contributed by atoms with Crippen molar-refractivity contribution in [3.8, 4) is 0 Å². The largest absolute Gasteiger partial charge is 0.449 e. The Morgan fingerprint density at radius 3 is 2.60 bits per heavy atom. The number of hydrogen-bond donors (Lipinski definition) is 1. The highest BCUT2D eigenvalue weighted by Gasteiger charge is 2.06. The van der Waals surface area contributed by atoms with E-state index in [2.05, 4.69) is 10.3 Å². The molecule has 0 fully saturated rings. The molecule has 0 radical (unpaired) electrons. The molecule has 0 spiro atoms. The molecule has 1 aromatic heterocycles. The number of aryl methyl sites for hydroxylation is 1. The zero-order valence-electron chi connectivity index (χ0n) is 13.8. The number of thioether (sulfide) groups is 1. The molecule has 1 heterocycles. The van der Waals surface area contributed by atoms with Gasteiger partial charge in [0.05, 0.1) is 17.7 Å². The molecular formula is C20H18N2O2S. The average molecular weight is 350 g/mol. The maximum atomic E-state index is 11.9. The zero-order valence-corrected chi connectivity index (χ0v) is 14.6. The fourth-order valence-electron chi connectivity index (χ4n) is 2.11. The molecule has 0 saturated carbocycles. The lowest BCUT2D eigenvalue weighted by atomic mass is 10.2. The van der Waals surface area contributed by atoms with Crippen molar-refractivity contribution in [2.45, 2.75) is 12.0 Å². The molecule has 0 aliphatic rings. The van der Waals surface area contributed by atoms with Crippen LogP contribution in [0.5, 0.6) is 0 Å². The second-order valence-electron chi connectivity index (χ2n) is 5.45. The van der Waals surface area contributed by atoms with Crippen molar-refractivity contribution in [3.05, 3.63) is 78.1 Å². The molecule has 0 atom stereocenters. The highest BCUT2D eigenvalue weighted by molar-refractivity contribution is 7.99. The number of aliphatic imine (C=N–C) groups is 1. The number of amides is 1. The summed E-state index contributed by atoms with van der Waals surface area (Å²) < 4.78 is 5.66.